The van der Waals surface area contributed by atoms with Gasteiger partial charge in [0.1, 0.15) is 11.4 Å². The van der Waals surface area contributed by atoms with E-state index in [1.54, 1.807) is 13.1 Å². The van der Waals surface area contributed by atoms with Crippen molar-refractivity contribution in [2.75, 3.05) is 30.4 Å². The van der Waals surface area contributed by atoms with Crippen LogP contribution in [0.5, 0.6) is 0 Å². The molecule has 1 aromatic rings. The molecule has 1 aromatic carbocycles. The zero-order chi connectivity index (χ0) is 11.5. The van der Waals surface area contributed by atoms with Gasteiger partial charge in [0, 0.05) is 20.1 Å². The van der Waals surface area contributed by atoms with Crippen molar-refractivity contribution in [1.29, 1.82) is 0 Å². The Morgan fingerprint density at radius 3 is 2.62 bits per heavy atom. The molecule has 0 amide bonds. The third-order valence-electron chi connectivity index (χ3n) is 2.91. The summed E-state index contributed by atoms with van der Waals surface area (Å²) in [5.41, 5.74) is 1.50. The van der Waals surface area contributed by atoms with Crippen LogP contribution < -0.4 is 10.2 Å². The number of nitro benzene ring substituents is 1. The summed E-state index contributed by atoms with van der Waals surface area (Å²) in [5.74, 6) is 0. The molecule has 0 unspecified atom stereocenters. The van der Waals surface area contributed by atoms with Crippen molar-refractivity contribution in [3.8, 4) is 0 Å². The standard InChI is InChI=1S/C11H15N3O2/c1-12-9-5-4-6-10(11(9)14(15)16)13-7-2-3-8-13/h4-6,12H,2-3,7-8H2,1H3. The van der Waals surface area contributed by atoms with Crippen LogP contribution in [0.4, 0.5) is 17.1 Å². The molecule has 0 radical (unpaired) electrons. The maximum atomic E-state index is 11.1. The fourth-order valence-electron chi connectivity index (χ4n) is 2.14. The molecule has 1 aliphatic heterocycles. The van der Waals surface area contributed by atoms with E-state index in [0.717, 1.165) is 31.6 Å². The van der Waals surface area contributed by atoms with Crippen LogP contribution >= 0.6 is 0 Å². The second kappa shape index (κ2) is 4.38. The van der Waals surface area contributed by atoms with Gasteiger partial charge in [-0.2, -0.15) is 0 Å². The predicted molar refractivity (Wildman–Crippen MR) is 64.1 cm³/mol. The molecule has 1 N–H and O–H groups in total. The number of nitro groups is 1. The first-order valence-electron chi connectivity index (χ1n) is 5.44. The monoisotopic (exact) mass is 221 g/mol. The third kappa shape index (κ3) is 1.80. The lowest BCUT2D eigenvalue weighted by molar-refractivity contribution is -0.383. The lowest BCUT2D eigenvalue weighted by Gasteiger charge is -2.18. The van der Waals surface area contributed by atoms with Gasteiger partial charge in [-0.15, -0.1) is 0 Å². The van der Waals surface area contributed by atoms with E-state index in [9.17, 15) is 10.1 Å². The minimum Gasteiger partial charge on any atom is -0.382 e. The summed E-state index contributed by atoms with van der Waals surface area (Å²) >= 11 is 0. The first-order valence-corrected chi connectivity index (χ1v) is 5.44. The summed E-state index contributed by atoms with van der Waals surface area (Å²) in [6, 6.07) is 5.41. The van der Waals surface area contributed by atoms with Crippen molar-refractivity contribution >= 4 is 17.1 Å². The minimum atomic E-state index is -0.306. The van der Waals surface area contributed by atoms with Gasteiger partial charge in [0.25, 0.3) is 0 Å². The topological polar surface area (TPSA) is 58.4 Å². The minimum absolute atomic E-state index is 0.187. The van der Waals surface area contributed by atoms with Crippen LogP contribution in [0.3, 0.4) is 0 Å². The molecule has 1 aliphatic rings. The summed E-state index contributed by atoms with van der Waals surface area (Å²) in [5, 5.41) is 14.0. The number of hydrogen-bond donors (Lipinski definition) is 1. The average Bonchev–Trinajstić information content (AvgIpc) is 2.81. The van der Waals surface area contributed by atoms with E-state index in [1.807, 2.05) is 12.1 Å². The fourth-order valence-corrected chi connectivity index (χ4v) is 2.14. The molecule has 1 heterocycles. The molecule has 0 aliphatic carbocycles. The summed E-state index contributed by atoms with van der Waals surface area (Å²) in [6.45, 7) is 1.82. The Morgan fingerprint density at radius 2 is 2.06 bits per heavy atom. The molecule has 0 saturated carbocycles. The smallest absolute Gasteiger partial charge is 0.315 e. The van der Waals surface area contributed by atoms with Crippen molar-refractivity contribution in [1.82, 2.24) is 0 Å². The summed E-state index contributed by atoms with van der Waals surface area (Å²) < 4.78 is 0. The van der Waals surface area contributed by atoms with Crippen LogP contribution in [0.2, 0.25) is 0 Å². The van der Waals surface area contributed by atoms with Gasteiger partial charge in [-0.1, -0.05) is 6.07 Å². The molecule has 86 valence electrons. The molecular formula is C11H15N3O2. The van der Waals surface area contributed by atoms with Crippen molar-refractivity contribution < 1.29 is 4.92 Å². The van der Waals surface area contributed by atoms with Crippen molar-refractivity contribution in [2.45, 2.75) is 12.8 Å². The zero-order valence-electron chi connectivity index (χ0n) is 9.27. The molecule has 0 aromatic heterocycles. The largest absolute Gasteiger partial charge is 0.382 e. The molecule has 5 heteroatoms. The number of rotatable bonds is 3. The van der Waals surface area contributed by atoms with E-state index in [2.05, 4.69) is 10.2 Å². The predicted octanol–water partition coefficient (Wildman–Crippen LogP) is 2.24. The second-order valence-corrected chi connectivity index (χ2v) is 3.87. The summed E-state index contributed by atoms with van der Waals surface area (Å²) in [6.07, 6.45) is 2.22. The van der Waals surface area contributed by atoms with E-state index in [-0.39, 0.29) is 10.6 Å². The van der Waals surface area contributed by atoms with Gasteiger partial charge in [-0.25, -0.2) is 0 Å². The van der Waals surface area contributed by atoms with Gasteiger partial charge >= 0.3 is 5.69 Å². The Hall–Kier alpha value is -1.78. The van der Waals surface area contributed by atoms with E-state index in [4.69, 9.17) is 0 Å². The van der Waals surface area contributed by atoms with Crippen molar-refractivity contribution in [3.05, 3.63) is 28.3 Å². The van der Waals surface area contributed by atoms with E-state index < -0.39 is 0 Å². The lowest BCUT2D eigenvalue weighted by atomic mass is 10.2. The molecule has 16 heavy (non-hydrogen) atoms. The van der Waals surface area contributed by atoms with Gasteiger partial charge < -0.3 is 10.2 Å². The Morgan fingerprint density at radius 1 is 1.38 bits per heavy atom. The highest BCUT2D eigenvalue weighted by Crippen LogP contribution is 2.36. The maximum Gasteiger partial charge on any atom is 0.315 e. The summed E-state index contributed by atoms with van der Waals surface area (Å²) in [7, 11) is 1.70. The first kappa shape index (κ1) is 10.7. The van der Waals surface area contributed by atoms with Crippen LogP contribution in [0.15, 0.2) is 18.2 Å². The number of nitrogens with zero attached hydrogens (tertiary/aromatic N) is 2. The maximum absolute atomic E-state index is 11.1. The van der Waals surface area contributed by atoms with Crippen molar-refractivity contribution in [3.63, 3.8) is 0 Å². The van der Waals surface area contributed by atoms with Crippen LogP contribution in [-0.4, -0.2) is 25.1 Å². The van der Waals surface area contributed by atoms with Gasteiger partial charge in [0.2, 0.25) is 0 Å². The zero-order valence-corrected chi connectivity index (χ0v) is 9.27. The van der Waals surface area contributed by atoms with Crippen LogP contribution in [0.1, 0.15) is 12.8 Å². The summed E-state index contributed by atoms with van der Waals surface area (Å²) in [4.78, 5) is 12.9. The van der Waals surface area contributed by atoms with Crippen LogP contribution in [0.25, 0.3) is 0 Å². The van der Waals surface area contributed by atoms with Gasteiger partial charge in [0.05, 0.1) is 4.92 Å². The SMILES string of the molecule is CNc1cccc(N2CCCC2)c1[N+](=O)[O-]. The quantitative estimate of drug-likeness (QED) is 0.628. The Labute approximate surface area is 94.2 Å². The van der Waals surface area contributed by atoms with Crippen molar-refractivity contribution in [2.24, 2.45) is 0 Å². The molecule has 1 fully saturated rings. The van der Waals surface area contributed by atoms with Crippen LogP contribution in [0, 0.1) is 10.1 Å². The first-order chi connectivity index (χ1) is 7.74. The highest BCUT2D eigenvalue weighted by atomic mass is 16.6. The molecule has 1 saturated heterocycles. The van der Waals surface area contributed by atoms with Gasteiger partial charge in [-0.3, -0.25) is 10.1 Å². The number of hydrogen-bond acceptors (Lipinski definition) is 4. The Kier molecular flexibility index (Phi) is 2.94. The van der Waals surface area contributed by atoms with Gasteiger partial charge in [0.15, 0.2) is 0 Å². The number of benzene rings is 1. The highest BCUT2D eigenvalue weighted by Gasteiger charge is 2.24. The number of anilines is 2. The van der Waals surface area contributed by atoms with Crippen LogP contribution in [-0.2, 0) is 0 Å². The molecule has 2 rings (SSSR count). The third-order valence-corrected chi connectivity index (χ3v) is 2.91. The normalized spacial score (nSPS) is 15.2. The lowest BCUT2D eigenvalue weighted by Crippen LogP contribution is -2.19. The van der Waals surface area contributed by atoms with E-state index >= 15 is 0 Å². The molecular weight excluding hydrogens is 206 g/mol. The van der Waals surface area contributed by atoms with E-state index in [0.29, 0.717) is 5.69 Å². The average molecular weight is 221 g/mol. The second-order valence-electron chi connectivity index (χ2n) is 3.87. The number of para-hydroxylation sites is 1. The molecule has 0 bridgehead atoms. The molecule has 5 nitrogen and oxygen atoms in total. The Bertz CT molecular complexity index is 400. The van der Waals surface area contributed by atoms with E-state index in [1.165, 1.54) is 0 Å². The van der Waals surface area contributed by atoms with Gasteiger partial charge in [-0.05, 0) is 25.0 Å². The fraction of sp³-hybridized carbons (Fsp3) is 0.455. The highest BCUT2D eigenvalue weighted by molar-refractivity contribution is 5.77. The molecule has 0 atom stereocenters. The number of nitrogens with one attached hydrogen (secondary N) is 1. The molecule has 0 spiro atoms. The Balaban J connectivity index is 2.46.